The summed E-state index contributed by atoms with van der Waals surface area (Å²) >= 11 is 0. The first-order valence-corrected chi connectivity index (χ1v) is 13.8. The van der Waals surface area contributed by atoms with Gasteiger partial charge in [-0.15, -0.1) is 0 Å². The third kappa shape index (κ3) is 3.18. The molecule has 1 aliphatic heterocycles. The standard InChI is InChI=1S/C39H21NO/c1-40-34-17-19-36-39-31(6-3-7-32(34)39)33-22-27(16-18-35(33)41-36)23-8-10-24(11-9-23)30-20-28-14-12-25-4-2-5-26-13-15-29(21-30)38(28)37(25)26/h2-22H. The van der Waals surface area contributed by atoms with Gasteiger partial charge in [-0.3, -0.25) is 0 Å². The molecule has 0 spiro atoms. The number of rotatable bonds is 2. The highest BCUT2D eigenvalue weighted by Crippen LogP contribution is 2.49. The van der Waals surface area contributed by atoms with Gasteiger partial charge < -0.3 is 4.74 Å². The number of nitrogens with zero attached hydrogens (tertiary/aromatic N) is 1. The second-order valence-electron chi connectivity index (χ2n) is 10.8. The van der Waals surface area contributed by atoms with Gasteiger partial charge in [-0.1, -0.05) is 97.1 Å². The van der Waals surface area contributed by atoms with Crippen molar-refractivity contribution in [1.82, 2.24) is 0 Å². The molecule has 0 unspecified atom stereocenters. The van der Waals surface area contributed by atoms with Gasteiger partial charge in [-0.2, -0.15) is 0 Å². The Balaban J connectivity index is 1.13. The second-order valence-corrected chi connectivity index (χ2v) is 10.8. The summed E-state index contributed by atoms with van der Waals surface area (Å²) in [6.07, 6.45) is 0. The van der Waals surface area contributed by atoms with Crippen molar-refractivity contribution in [3.63, 3.8) is 0 Å². The molecule has 188 valence electrons. The molecule has 0 atom stereocenters. The fraction of sp³-hybridized carbons (Fsp3) is 0. The molecule has 0 saturated carbocycles. The van der Waals surface area contributed by atoms with Crippen molar-refractivity contribution in [2.75, 3.05) is 0 Å². The molecule has 0 N–H and O–H groups in total. The van der Waals surface area contributed by atoms with Crippen LogP contribution in [0.3, 0.4) is 0 Å². The molecule has 0 fully saturated rings. The van der Waals surface area contributed by atoms with Gasteiger partial charge in [0.1, 0.15) is 11.5 Å². The Bertz CT molecular complexity index is 2330. The Morgan fingerprint density at radius 3 is 1.78 bits per heavy atom. The average Bonchev–Trinajstić information content (AvgIpc) is 3.04. The Morgan fingerprint density at radius 2 is 1.05 bits per heavy atom. The van der Waals surface area contributed by atoms with Crippen LogP contribution in [0.4, 0.5) is 5.69 Å². The first-order valence-electron chi connectivity index (χ1n) is 13.8. The molecule has 0 amide bonds. The monoisotopic (exact) mass is 519 g/mol. The minimum Gasteiger partial charge on any atom is -0.456 e. The molecular formula is C39H21NO. The largest absolute Gasteiger partial charge is 0.456 e. The lowest BCUT2D eigenvalue weighted by atomic mass is 9.90. The molecule has 41 heavy (non-hydrogen) atoms. The van der Waals surface area contributed by atoms with E-state index in [1.165, 1.54) is 43.4 Å². The predicted molar refractivity (Wildman–Crippen MR) is 170 cm³/mol. The van der Waals surface area contributed by atoms with Gasteiger partial charge in [0.05, 0.1) is 6.57 Å². The first-order chi connectivity index (χ1) is 20.2. The van der Waals surface area contributed by atoms with Crippen LogP contribution in [0.5, 0.6) is 11.5 Å². The van der Waals surface area contributed by atoms with Crippen LogP contribution in [-0.2, 0) is 0 Å². The van der Waals surface area contributed by atoms with E-state index in [0.29, 0.717) is 5.69 Å². The van der Waals surface area contributed by atoms with E-state index in [4.69, 9.17) is 11.3 Å². The number of fused-ring (bicyclic) bond motifs is 2. The SMILES string of the molecule is [C-]#[N+]c1ccc2c3c(cccc13)-c1cc(-c3ccc(-c4cc5ccc6cccc7ccc(c4)c5c67)cc3)ccc1O2. The van der Waals surface area contributed by atoms with Crippen LogP contribution in [0.25, 0.3) is 81.3 Å². The fourth-order valence-electron chi connectivity index (χ4n) is 6.67. The molecule has 0 saturated heterocycles. The van der Waals surface area contributed by atoms with E-state index in [0.717, 1.165) is 44.5 Å². The van der Waals surface area contributed by atoms with Gasteiger partial charge in [-0.05, 0) is 95.9 Å². The number of hydrogen-bond acceptors (Lipinski definition) is 1. The maximum atomic E-state index is 7.59. The van der Waals surface area contributed by atoms with Gasteiger partial charge >= 0.3 is 0 Å². The van der Waals surface area contributed by atoms with Gasteiger partial charge in [0.2, 0.25) is 0 Å². The molecular weight excluding hydrogens is 498 g/mol. The van der Waals surface area contributed by atoms with Crippen LogP contribution in [0, 0.1) is 6.57 Å². The van der Waals surface area contributed by atoms with Crippen LogP contribution >= 0.6 is 0 Å². The molecule has 1 aliphatic rings. The predicted octanol–water partition coefficient (Wildman–Crippen LogP) is 11.4. The summed E-state index contributed by atoms with van der Waals surface area (Å²) in [6.45, 7) is 7.59. The van der Waals surface area contributed by atoms with E-state index in [2.05, 4.69) is 108 Å². The quantitative estimate of drug-likeness (QED) is 0.164. The smallest absolute Gasteiger partial charge is 0.195 e. The molecule has 0 radical (unpaired) electrons. The number of benzene rings is 8. The lowest BCUT2D eigenvalue weighted by Gasteiger charge is -2.22. The highest BCUT2D eigenvalue weighted by molar-refractivity contribution is 6.23. The van der Waals surface area contributed by atoms with Crippen molar-refractivity contribution in [2.45, 2.75) is 0 Å². The minimum atomic E-state index is 0.649. The molecule has 0 aromatic heterocycles. The molecule has 8 aromatic rings. The zero-order valence-electron chi connectivity index (χ0n) is 22.0. The van der Waals surface area contributed by atoms with E-state index in [9.17, 15) is 0 Å². The van der Waals surface area contributed by atoms with Gasteiger partial charge in [0, 0.05) is 10.9 Å². The summed E-state index contributed by atoms with van der Waals surface area (Å²) < 4.78 is 6.30. The van der Waals surface area contributed by atoms with E-state index in [1.54, 1.807) is 0 Å². The maximum absolute atomic E-state index is 7.59. The second kappa shape index (κ2) is 8.18. The summed E-state index contributed by atoms with van der Waals surface area (Å²) in [5.74, 6) is 1.65. The van der Waals surface area contributed by atoms with Crippen LogP contribution in [0.1, 0.15) is 0 Å². The molecule has 2 nitrogen and oxygen atoms in total. The van der Waals surface area contributed by atoms with Crippen LogP contribution in [0.2, 0.25) is 0 Å². The highest BCUT2D eigenvalue weighted by Gasteiger charge is 2.21. The van der Waals surface area contributed by atoms with Crippen molar-refractivity contribution in [2.24, 2.45) is 0 Å². The summed E-state index contributed by atoms with van der Waals surface area (Å²) in [5.41, 5.74) is 7.52. The molecule has 1 heterocycles. The molecule has 9 rings (SSSR count). The Labute approximate surface area is 236 Å². The van der Waals surface area contributed by atoms with E-state index >= 15 is 0 Å². The summed E-state index contributed by atoms with van der Waals surface area (Å²) in [7, 11) is 0. The van der Waals surface area contributed by atoms with E-state index < -0.39 is 0 Å². The minimum absolute atomic E-state index is 0.649. The third-order valence-corrected chi connectivity index (χ3v) is 8.60. The first kappa shape index (κ1) is 22.2. The van der Waals surface area contributed by atoms with Crippen LogP contribution in [0.15, 0.2) is 127 Å². The molecule has 0 aliphatic carbocycles. The normalized spacial score (nSPS) is 12.1. The topological polar surface area (TPSA) is 13.6 Å². The van der Waals surface area contributed by atoms with Gasteiger partial charge in [0.25, 0.3) is 0 Å². The van der Waals surface area contributed by atoms with Crippen molar-refractivity contribution in [3.05, 3.63) is 139 Å². The lowest BCUT2D eigenvalue weighted by molar-refractivity contribution is 0.487. The van der Waals surface area contributed by atoms with Gasteiger partial charge in [-0.25, -0.2) is 4.85 Å². The summed E-state index contributed by atoms with van der Waals surface area (Å²) in [5, 5.41) is 9.77. The molecule has 0 bridgehead atoms. The van der Waals surface area contributed by atoms with Crippen molar-refractivity contribution in [3.8, 4) is 44.9 Å². The van der Waals surface area contributed by atoms with Crippen molar-refractivity contribution >= 4 is 48.8 Å². The van der Waals surface area contributed by atoms with Gasteiger partial charge in [0.15, 0.2) is 5.69 Å². The maximum Gasteiger partial charge on any atom is 0.195 e. The lowest BCUT2D eigenvalue weighted by Crippen LogP contribution is -1.97. The highest BCUT2D eigenvalue weighted by atomic mass is 16.5. The molecule has 2 heteroatoms. The summed E-state index contributed by atoms with van der Waals surface area (Å²) in [6, 6.07) is 45.3. The van der Waals surface area contributed by atoms with Crippen molar-refractivity contribution < 1.29 is 4.74 Å². The zero-order valence-corrected chi connectivity index (χ0v) is 22.0. The van der Waals surface area contributed by atoms with Crippen LogP contribution in [-0.4, -0.2) is 0 Å². The average molecular weight is 520 g/mol. The third-order valence-electron chi connectivity index (χ3n) is 8.60. The Kier molecular flexibility index (Phi) is 4.43. The Hall–Kier alpha value is -5.65. The van der Waals surface area contributed by atoms with Crippen molar-refractivity contribution in [1.29, 1.82) is 0 Å². The fourth-order valence-corrected chi connectivity index (χ4v) is 6.67. The molecule has 8 aromatic carbocycles. The number of ether oxygens (including phenoxy) is 1. The van der Waals surface area contributed by atoms with E-state index in [-0.39, 0.29) is 0 Å². The zero-order chi connectivity index (χ0) is 27.1. The summed E-state index contributed by atoms with van der Waals surface area (Å²) in [4.78, 5) is 3.73. The number of hydrogen-bond donors (Lipinski definition) is 0. The van der Waals surface area contributed by atoms with Crippen LogP contribution < -0.4 is 4.74 Å². The Morgan fingerprint density at radius 1 is 0.439 bits per heavy atom. The van der Waals surface area contributed by atoms with E-state index in [1.807, 2.05) is 24.3 Å².